The van der Waals surface area contributed by atoms with Crippen LogP contribution < -0.4 is 22.0 Å². The summed E-state index contributed by atoms with van der Waals surface area (Å²) in [5, 5.41) is 15.5. The van der Waals surface area contributed by atoms with Gasteiger partial charge in [-0.15, -0.1) is 0 Å². The summed E-state index contributed by atoms with van der Waals surface area (Å²) < 4.78 is 2.42. The van der Waals surface area contributed by atoms with Gasteiger partial charge in [0.15, 0.2) is 0 Å². The molecule has 7 rings (SSSR count). The average molecular weight is 830 g/mol. The minimum absolute atomic E-state index is 0.0675. The number of carbonyl (C=O) groups is 2. The number of aryl methyl sites for hydroxylation is 3. The van der Waals surface area contributed by atoms with Gasteiger partial charge in [-0.25, -0.2) is 9.59 Å². The van der Waals surface area contributed by atoms with Gasteiger partial charge in [-0.05, 0) is 93.6 Å². The lowest BCUT2D eigenvalue weighted by molar-refractivity contribution is 0.0933. The van der Waals surface area contributed by atoms with Crippen molar-refractivity contribution in [1.29, 1.82) is 0 Å². The van der Waals surface area contributed by atoms with E-state index < -0.39 is 0 Å². The summed E-state index contributed by atoms with van der Waals surface area (Å²) >= 11 is 18.6. The van der Waals surface area contributed by atoms with Crippen molar-refractivity contribution in [3.63, 3.8) is 0 Å². The molecule has 4 N–H and O–H groups in total. The van der Waals surface area contributed by atoms with Crippen LogP contribution in [0.4, 0.5) is 0 Å². The van der Waals surface area contributed by atoms with Crippen LogP contribution in [0, 0.1) is 20.8 Å². The third-order valence-corrected chi connectivity index (χ3v) is 11.1. The molecule has 0 atom stereocenters. The molecule has 15 heteroatoms. The first-order valence-electron chi connectivity index (χ1n) is 18.6. The Kier molecular flexibility index (Phi) is 13.2. The monoisotopic (exact) mass is 828 g/mol. The number of benzene rings is 4. The highest BCUT2D eigenvalue weighted by molar-refractivity contribution is 6.34. The topological polar surface area (TPSA) is 160 Å². The first-order valence-corrected chi connectivity index (χ1v) is 19.8. The summed E-state index contributed by atoms with van der Waals surface area (Å²) in [5.74, 6) is 0.410. The maximum Gasteiger partial charge on any atom is 0.348 e. The van der Waals surface area contributed by atoms with Crippen molar-refractivity contribution in [3.05, 3.63) is 160 Å². The molecule has 0 saturated heterocycles. The van der Waals surface area contributed by atoms with E-state index in [0.717, 1.165) is 31.2 Å². The number of carbonyl (C=O) groups excluding carboxylic acids is 2. The Morgan fingerprint density at radius 1 is 0.684 bits per heavy atom. The number of aromatic amines is 2. The second-order valence-corrected chi connectivity index (χ2v) is 15.4. The third-order valence-electron chi connectivity index (χ3n) is 10.0. The molecule has 0 aliphatic heterocycles. The molecule has 0 spiro atoms. The van der Waals surface area contributed by atoms with E-state index in [1.807, 2.05) is 24.3 Å². The van der Waals surface area contributed by atoms with Crippen LogP contribution in [0.25, 0.3) is 11.4 Å². The predicted octanol–water partition coefficient (Wildman–Crippen LogP) is 7.61. The van der Waals surface area contributed by atoms with Crippen molar-refractivity contribution in [1.82, 2.24) is 40.2 Å². The molecule has 0 bridgehead atoms. The standard InChI is InChI=1S/C24H27ClN4O2.C18H16Cl2N4O2/c1-16-6-8-18(9-7-16)24(12-4-3-5-13-24)15-26-22(30)20-14-19(10-11-21(20)25)29-23(31)27-17(2)28-29;1-11-22-18(26)24(23-11)13-6-7-16(20)14(10-13)17(25)21-9-8-12-4-2-3-5-15(12)19/h6-11,14H,3-5,12-13,15H2,1-2H3,(H,26,30)(H,27,28,31);2-7,10H,8-9H2,1H3,(H,21,25)(H,22,23,26). The van der Waals surface area contributed by atoms with Gasteiger partial charge in [0.25, 0.3) is 11.8 Å². The van der Waals surface area contributed by atoms with Crippen molar-refractivity contribution in [3.8, 4) is 11.4 Å². The van der Waals surface area contributed by atoms with Gasteiger partial charge in [-0.2, -0.15) is 19.6 Å². The molecule has 12 nitrogen and oxygen atoms in total. The fraction of sp³-hybridized carbons (Fsp3) is 0.286. The van der Waals surface area contributed by atoms with Gasteiger partial charge < -0.3 is 10.6 Å². The number of nitrogens with one attached hydrogen (secondary N) is 4. The lowest BCUT2D eigenvalue weighted by Gasteiger charge is -2.38. The molecule has 1 aliphatic carbocycles. The minimum atomic E-state index is -0.380. The maximum absolute atomic E-state index is 13.1. The molecular weight excluding hydrogens is 787 g/mol. The Bertz CT molecular complexity index is 2500. The Hall–Kier alpha value is -5.43. The Morgan fingerprint density at radius 2 is 1.21 bits per heavy atom. The van der Waals surface area contributed by atoms with Gasteiger partial charge in [0.1, 0.15) is 11.6 Å². The molecule has 57 heavy (non-hydrogen) atoms. The quantitative estimate of drug-likeness (QED) is 0.111. The van der Waals surface area contributed by atoms with Crippen LogP contribution in [0.2, 0.25) is 15.1 Å². The van der Waals surface area contributed by atoms with Gasteiger partial charge >= 0.3 is 11.4 Å². The number of halogens is 3. The zero-order chi connectivity index (χ0) is 40.7. The average Bonchev–Trinajstić information content (AvgIpc) is 3.73. The van der Waals surface area contributed by atoms with Gasteiger partial charge in [0, 0.05) is 23.5 Å². The number of hydrogen-bond donors (Lipinski definition) is 4. The molecule has 6 aromatic rings. The predicted molar refractivity (Wildman–Crippen MR) is 224 cm³/mol. The van der Waals surface area contributed by atoms with Gasteiger partial charge in [0.05, 0.1) is 32.5 Å². The molecule has 2 aromatic heterocycles. The molecule has 1 aliphatic rings. The zero-order valence-electron chi connectivity index (χ0n) is 31.8. The van der Waals surface area contributed by atoms with Gasteiger partial charge in [0.2, 0.25) is 0 Å². The van der Waals surface area contributed by atoms with E-state index in [2.05, 4.69) is 62.0 Å². The van der Waals surface area contributed by atoms with Crippen LogP contribution in [0.1, 0.15) is 81.2 Å². The lowest BCUT2D eigenvalue weighted by atomic mass is 9.69. The van der Waals surface area contributed by atoms with Crippen LogP contribution in [0.5, 0.6) is 0 Å². The molecule has 0 radical (unpaired) electrons. The molecule has 2 heterocycles. The van der Waals surface area contributed by atoms with E-state index in [1.165, 1.54) is 33.0 Å². The molecule has 1 fully saturated rings. The van der Waals surface area contributed by atoms with Crippen molar-refractivity contribution < 1.29 is 9.59 Å². The molecule has 1 saturated carbocycles. The number of amides is 2. The van der Waals surface area contributed by atoms with E-state index >= 15 is 0 Å². The summed E-state index contributed by atoms with van der Waals surface area (Å²) in [4.78, 5) is 54.7. The SMILES string of the molecule is Cc1ccc(C2(CNC(=O)c3cc(-n4nc(C)[nH]c4=O)ccc3Cl)CCCCC2)cc1.Cc1nn(-c2ccc(Cl)c(C(=O)NCCc3ccccc3Cl)c2)c(=O)[nH]1. The normalized spacial score (nSPS) is 13.4. The molecular formula is C42H43Cl3N8O4. The fourth-order valence-electron chi connectivity index (χ4n) is 7.00. The van der Waals surface area contributed by atoms with Crippen LogP contribution in [-0.2, 0) is 11.8 Å². The third kappa shape index (κ3) is 9.94. The Labute approximate surface area is 344 Å². The summed E-state index contributed by atoms with van der Waals surface area (Å²) in [5.41, 5.74) is 4.21. The van der Waals surface area contributed by atoms with E-state index in [0.29, 0.717) is 63.2 Å². The Morgan fingerprint density at radius 3 is 1.72 bits per heavy atom. The van der Waals surface area contributed by atoms with Gasteiger partial charge in [-0.3, -0.25) is 19.6 Å². The van der Waals surface area contributed by atoms with E-state index in [-0.39, 0.29) is 34.2 Å². The number of hydrogen-bond acceptors (Lipinski definition) is 6. The Balaban J connectivity index is 0.000000196. The van der Waals surface area contributed by atoms with Crippen LogP contribution in [0.3, 0.4) is 0 Å². The molecule has 2 amide bonds. The second-order valence-electron chi connectivity index (χ2n) is 14.2. The maximum atomic E-state index is 13.1. The summed E-state index contributed by atoms with van der Waals surface area (Å²) in [6.45, 7) is 6.42. The highest BCUT2D eigenvalue weighted by atomic mass is 35.5. The van der Waals surface area contributed by atoms with Crippen molar-refractivity contribution >= 4 is 46.6 Å². The number of nitrogens with zero attached hydrogens (tertiary/aromatic N) is 4. The van der Waals surface area contributed by atoms with E-state index in [4.69, 9.17) is 34.8 Å². The number of H-pyrrole nitrogens is 2. The van der Waals surface area contributed by atoms with E-state index in [9.17, 15) is 19.2 Å². The first-order chi connectivity index (χ1) is 27.3. The summed E-state index contributed by atoms with van der Waals surface area (Å²) in [6.07, 6.45) is 6.23. The smallest absolute Gasteiger partial charge is 0.348 e. The van der Waals surface area contributed by atoms with Crippen molar-refractivity contribution in [2.24, 2.45) is 0 Å². The number of aromatic nitrogens is 6. The fourth-order valence-corrected chi connectivity index (χ4v) is 7.64. The number of rotatable bonds is 10. The molecule has 296 valence electrons. The summed E-state index contributed by atoms with van der Waals surface area (Å²) in [7, 11) is 0. The lowest BCUT2D eigenvalue weighted by Crippen LogP contribution is -2.42. The zero-order valence-corrected chi connectivity index (χ0v) is 34.1. The first kappa shape index (κ1) is 41.2. The van der Waals surface area contributed by atoms with Gasteiger partial charge in [-0.1, -0.05) is 102 Å². The largest absolute Gasteiger partial charge is 0.352 e. The van der Waals surface area contributed by atoms with Crippen molar-refractivity contribution in [2.45, 2.75) is 64.7 Å². The van der Waals surface area contributed by atoms with Crippen LogP contribution in [-0.4, -0.2) is 54.4 Å². The van der Waals surface area contributed by atoms with E-state index in [1.54, 1.807) is 44.2 Å². The second kappa shape index (κ2) is 18.2. The highest BCUT2D eigenvalue weighted by Gasteiger charge is 2.34. The van der Waals surface area contributed by atoms with Crippen molar-refractivity contribution in [2.75, 3.05) is 13.1 Å². The summed E-state index contributed by atoms with van der Waals surface area (Å²) in [6, 6.07) is 25.8. The van der Waals surface area contributed by atoms with Crippen LogP contribution in [0.15, 0.2) is 94.5 Å². The van der Waals surface area contributed by atoms with Crippen LogP contribution >= 0.6 is 34.8 Å². The molecule has 0 unspecified atom stereocenters. The highest BCUT2D eigenvalue weighted by Crippen LogP contribution is 2.39. The minimum Gasteiger partial charge on any atom is -0.352 e. The molecule has 4 aromatic carbocycles.